The number of benzene rings is 1. The number of ether oxygens (including phenoxy) is 2. The number of nitrogens with zero attached hydrogens (tertiary/aromatic N) is 2. The first kappa shape index (κ1) is 14.9. The average Bonchev–Trinajstić information content (AvgIpc) is 3.09. The van der Waals surface area contributed by atoms with Crippen LogP contribution in [-0.4, -0.2) is 43.2 Å². The average molecular weight is 298 g/mol. The van der Waals surface area contributed by atoms with Crippen molar-refractivity contribution in [2.75, 3.05) is 33.4 Å². The van der Waals surface area contributed by atoms with E-state index in [4.69, 9.17) is 9.47 Å². The molecule has 4 nitrogen and oxygen atoms in total. The number of rotatable bonds is 6. The third-order valence-electron chi connectivity index (χ3n) is 4.00. The van der Waals surface area contributed by atoms with Crippen LogP contribution in [0.5, 0.6) is 11.6 Å². The molecule has 0 radical (unpaired) electrons. The number of likely N-dealkylation sites (tertiary alicyclic amines) is 1. The van der Waals surface area contributed by atoms with E-state index < -0.39 is 0 Å². The molecule has 0 N–H and O–H groups in total. The fraction of sp³-hybridized carbons (Fsp3) is 0.389. The number of hydrogen-bond acceptors (Lipinski definition) is 4. The minimum Gasteiger partial charge on any atom is -0.492 e. The van der Waals surface area contributed by atoms with E-state index >= 15 is 0 Å². The zero-order chi connectivity index (χ0) is 15.2. The molecule has 0 aliphatic carbocycles. The number of pyridine rings is 1. The van der Waals surface area contributed by atoms with Crippen LogP contribution in [0.3, 0.4) is 0 Å². The summed E-state index contributed by atoms with van der Waals surface area (Å²) in [5.74, 6) is 1.55. The van der Waals surface area contributed by atoms with Gasteiger partial charge in [0.1, 0.15) is 12.4 Å². The summed E-state index contributed by atoms with van der Waals surface area (Å²) in [5, 5.41) is 0. The van der Waals surface area contributed by atoms with Gasteiger partial charge in [0, 0.05) is 18.3 Å². The van der Waals surface area contributed by atoms with Crippen LogP contribution < -0.4 is 9.47 Å². The second kappa shape index (κ2) is 7.27. The van der Waals surface area contributed by atoms with Crippen LogP contribution in [0, 0.1) is 0 Å². The molecular weight excluding hydrogens is 276 g/mol. The number of methoxy groups -OCH3 is 1. The Morgan fingerprint density at radius 3 is 2.59 bits per heavy atom. The van der Waals surface area contributed by atoms with Gasteiger partial charge in [-0.15, -0.1) is 0 Å². The van der Waals surface area contributed by atoms with Crippen LogP contribution in [0.4, 0.5) is 0 Å². The summed E-state index contributed by atoms with van der Waals surface area (Å²) in [6.45, 7) is 4.18. The topological polar surface area (TPSA) is 34.6 Å². The Hall–Kier alpha value is -2.07. The van der Waals surface area contributed by atoms with Crippen molar-refractivity contribution in [1.82, 2.24) is 9.88 Å². The van der Waals surface area contributed by atoms with Crippen molar-refractivity contribution in [2.45, 2.75) is 12.8 Å². The lowest BCUT2D eigenvalue weighted by atomic mass is 10.1. The number of aromatic nitrogens is 1. The van der Waals surface area contributed by atoms with Gasteiger partial charge in [-0.05, 0) is 55.8 Å². The number of hydrogen-bond donors (Lipinski definition) is 0. The fourth-order valence-electron chi connectivity index (χ4n) is 2.80. The zero-order valence-corrected chi connectivity index (χ0v) is 13.0. The SMILES string of the molecule is COc1ncccc1-c1ccc(OCCN2CCCC2)cc1. The monoisotopic (exact) mass is 298 g/mol. The van der Waals surface area contributed by atoms with Crippen LogP contribution in [0.1, 0.15) is 12.8 Å². The summed E-state index contributed by atoms with van der Waals surface area (Å²) in [6, 6.07) is 12.0. The maximum atomic E-state index is 5.83. The molecule has 2 heterocycles. The first-order valence-corrected chi connectivity index (χ1v) is 7.81. The van der Waals surface area contributed by atoms with Crippen LogP contribution in [0.2, 0.25) is 0 Å². The molecule has 0 saturated carbocycles. The molecule has 0 unspecified atom stereocenters. The standard InChI is InChI=1S/C18H22N2O2/c1-21-18-17(5-4-10-19-18)15-6-8-16(9-7-15)22-14-13-20-11-2-3-12-20/h4-10H,2-3,11-14H2,1H3. The summed E-state index contributed by atoms with van der Waals surface area (Å²) in [7, 11) is 1.64. The van der Waals surface area contributed by atoms with Gasteiger partial charge in [0.2, 0.25) is 5.88 Å². The molecule has 1 saturated heterocycles. The lowest BCUT2D eigenvalue weighted by molar-refractivity contribution is 0.238. The Kier molecular flexibility index (Phi) is 4.91. The summed E-state index contributed by atoms with van der Waals surface area (Å²) >= 11 is 0. The molecule has 4 heteroatoms. The fourth-order valence-corrected chi connectivity index (χ4v) is 2.80. The minimum absolute atomic E-state index is 0.644. The third-order valence-corrected chi connectivity index (χ3v) is 4.00. The molecule has 1 aromatic carbocycles. The Balaban J connectivity index is 1.60. The summed E-state index contributed by atoms with van der Waals surface area (Å²) in [4.78, 5) is 6.68. The second-order valence-electron chi connectivity index (χ2n) is 5.48. The van der Waals surface area contributed by atoms with E-state index in [-0.39, 0.29) is 0 Å². The molecule has 116 valence electrons. The normalized spacial score (nSPS) is 15.0. The Morgan fingerprint density at radius 2 is 1.86 bits per heavy atom. The van der Waals surface area contributed by atoms with Gasteiger partial charge in [-0.1, -0.05) is 12.1 Å². The lowest BCUT2D eigenvalue weighted by Gasteiger charge is -2.15. The van der Waals surface area contributed by atoms with Gasteiger partial charge in [0.15, 0.2) is 0 Å². The third kappa shape index (κ3) is 3.57. The zero-order valence-electron chi connectivity index (χ0n) is 13.0. The Bertz CT molecular complexity index is 592. The highest BCUT2D eigenvalue weighted by atomic mass is 16.5. The van der Waals surface area contributed by atoms with Crippen LogP contribution in [-0.2, 0) is 0 Å². The highest BCUT2D eigenvalue weighted by Gasteiger charge is 2.11. The molecule has 0 atom stereocenters. The van der Waals surface area contributed by atoms with Crippen LogP contribution >= 0.6 is 0 Å². The summed E-state index contributed by atoms with van der Waals surface area (Å²) < 4.78 is 11.1. The molecule has 22 heavy (non-hydrogen) atoms. The minimum atomic E-state index is 0.644. The highest BCUT2D eigenvalue weighted by Crippen LogP contribution is 2.28. The largest absolute Gasteiger partial charge is 0.492 e. The first-order valence-electron chi connectivity index (χ1n) is 7.81. The second-order valence-corrected chi connectivity index (χ2v) is 5.48. The van der Waals surface area contributed by atoms with Crippen molar-refractivity contribution in [2.24, 2.45) is 0 Å². The molecule has 3 rings (SSSR count). The molecule has 0 bridgehead atoms. The highest BCUT2D eigenvalue weighted by molar-refractivity contribution is 5.68. The molecule has 2 aromatic rings. The predicted octanol–water partition coefficient (Wildman–Crippen LogP) is 3.23. The molecule has 0 spiro atoms. The maximum absolute atomic E-state index is 5.83. The van der Waals surface area contributed by atoms with Crippen molar-refractivity contribution in [1.29, 1.82) is 0 Å². The van der Waals surface area contributed by atoms with E-state index in [1.807, 2.05) is 36.4 Å². The van der Waals surface area contributed by atoms with Crippen LogP contribution in [0.25, 0.3) is 11.1 Å². The van der Waals surface area contributed by atoms with Gasteiger partial charge in [0.25, 0.3) is 0 Å². The van der Waals surface area contributed by atoms with Gasteiger partial charge in [-0.25, -0.2) is 4.98 Å². The smallest absolute Gasteiger partial charge is 0.221 e. The van der Waals surface area contributed by atoms with E-state index in [0.717, 1.165) is 30.0 Å². The van der Waals surface area contributed by atoms with E-state index in [0.29, 0.717) is 5.88 Å². The molecule has 1 aromatic heterocycles. The van der Waals surface area contributed by atoms with Crippen molar-refractivity contribution < 1.29 is 9.47 Å². The lowest BCUT2D eigenvalue weighted by Crippen LogP contribution is -2.25. The van der Waals surface area contributed by atoms with E-state index in [1.165, 1.54) is 25.9 Å². The van der Waals surface area contributed by atoms with Gasteiger partial charge >= 0.3 is 0 Å². The molecular formula is C18H22N2O2. The molecule has 1 fully saturated rings. The van der Waals surface area contributed by atoms with Crippen molar-refractivity contribution in [3.05, 3.63) is 42.6 Å². The molecule has 1 aliphatic rings. The predicted molar refractivity (Wildman–Crippen MR) is 87.4 cm³/mol. The van der Waals surface area contributed by atoms with Crippen molar-refractivity contribution in [3.8, 4) is 22.8 Å². The maximum Gasteiger partial charge on any atom is 0.221 e. The summed E-state index contributed by atoms with van der Waals surface area (Å²) in [5.41, 5.74) is 2.07. The molecule has 1 aliphatic heterocycles. The van der Waals surface area contributed by atoms with Gasteiger partial charge in [0.05, 0.1) is 7.11 Å². The Labute approximate surface area is 131 Å². The quantitative estimate of drug-likeness (QED) is 0.820. The van der Waals surface area contributed by atoms with Crippen molar-refractivity contribution >= 4 is 0 Å². The van der Waals surface area contributed by atoms with E-state index in [2.05, 4.69) is 9.88 Å². The van der Waals surface area contributed by atoms with Gasteiger partial charge < -0.3 is 9.47 Å². The van der Waals surface area contributed by atoms with Gasteiger partial charge in [-0.2, -0.15) is 0 Å². The van der Waals surface area contributed by atoms with E-state index in [1.54, 1.807) is 13.3 Å². The van der Waals surface area contributed by atoms with E-state index in [9.17, 15) is 0 Å². The molecule has 0 amide bonds. The van der Waals surface area contributed by atoms with Crippen molar-refractivity contribution in [3.63, 3.8) is 0 Å². The summed E-state index contributed by atoms with van der Waals surface area (Å²) in [6.07, 6.45) is 4.38. The Morgan fingerprint density at radius 1 is 1.09 bits per heavy atom. The first-order chi connectivity index (χ1) is 10.9. The van der Waals surface area contributed by atoms with Crippen LogP contribution in [0.15, 0.2) is 42.6 Å². The van der Waals surface area contributed by atoms with Gasteiger partial charge in [-0.3, -0.25) is 4.90 Å².